The highest BCUT2D eigenvalue weighted by Gasteiger charge is 2.19. The summed E-state index contributed by atoms with van der Waals surface area (Å²) in [7, 11) is 0. The summed E-state index contributed by atoms with van der Waals surface area (Å²) in [5.74, 6) is -2.47. The molecule has 0 heterocycles. The number of hydrogen-bond acceptors (Lipinski definition) is 1. The van der Waals surface area contributed by atoms with Crippen LogP contribution < -0.4 is 5.32 Å². The lowest BCUT2D eigenvalue weighted by Crippen LogP contribution is -2.31. The molecule has 0 bridgehead atoms. The zero-order valence-corrected chi connectivity index (χ0v) is 10.4. The van der Waals surface area contributed by atoms with E-state index >= 15 is 0 Å². The Labute approximate surface area is 104 Å². The maximum absolute atomic E-state index is 13.6. The van der Waals surface area contributed by atoms with Crippen LogP contribution in [0.3, 0.4) is 0 Å². The van der Waals surface area contributed by atoms with Crippen LogP contribution in [0.15, 0.2) is 12.1 Å². The molecule has 0 radical (unpaired) electrons. The number of nitrogens with one attached hydrogen (secondary N) is 1. The van der Waals surface area contributed by atoms with Crippen LogP contribution >= 0.6 is 11.6 Å². The van der Waals surface area contributed by atoms with E-state index in [0.29, 0.717) is 6.42 Å². The first-order valence-corrected chi connectivity index (χ1v) is 5.77. The van der Waals surface area contributed by atoms with E-state index in [1.807, 2.05) is 6.92 Å². The second kappa shape index (κ2) is 5.96. The molecular formula is C12H14ClF2NO. The van der Waals surface area contributed by atoms with Gasteiger partial charge in [-0.3, -0.25) is 4.79 Å². The number of hydrogen-bond donors (Lipinski definition) is 1. The SMILES string of the molecule is CCC(Cl)CNC(=O)c1c(F)ccc(C)c1F. The van der Waals surface area contributed by atoms with E-state index in [1.165, 1.54) is 13.0 Å². The molecule has 1 unspecified atom stereocenters. The molecule has 0 saturated heterocycles. The maximum Gasteiger partial charge on any atom is 0.257 e. The molecule has 1 amide bonds. The number of amides is 1. The van der Waals surface area contributed by atoms with Gasteiger partial charge in [0, 0.05) is 6.54 Å². The summed E-state index contributed by atoms with van der Waals surface area (Å²) in [5.41, 5.74) is -0.320. The van der Waals surface area contributed by atoms with Crippen molar-refractivity contribution in [1.82, 2.24) is 5.32 Å². The van der Waals surface area contributed by atoms with Gasteiger partial charge in [0.1, 0.15) is 17.2 Å². The van der Waals surface area contributed by atoms with Crippen molar-refractivity contribution in [3.8, 4) is 0 Å². The van der Waals surface area contributed by atoms with Crippen LogP contribution in [0.2, 0.25) is 0 Å². The Morgan fingerprint density at radius 2 is 2.12 bits per heavy atom. The Hall–Kier alpha value is -1.16. The molecule has 5 heteroatoms. The largest absolute Gasteiger partial charge is 0.350 e. The first kappa shape index (κ1) is 13.9. The second-order valence-electron chi connectivity index (χ2n) is 3.77. The lowest BCUT2D eigenvalue weighted by atomic mass is 10.1. The third-order valence-corrected chi connectivity index (χ3v) is 2.90. The predicted octanol–water partition coefficient (Wildman–Crippen LogP) is 3.02. The molecule has 17 heavy (non-hydrogen) atoms. The van der Waals surface area contributed by atoms with Gasteiger partial charge in [0.15, 0.2) is 0 Å². The van der Waals surface area contributed by atoms with Crippen molar-refractivity contribution >= 4 is 17.5 Å². The fourth-order valence-electron chi connectivity index (χ4n) is 1.30. The van der Waals surface area contributed by atoms with Gasteiger partial charge < -0.3 is 5.32 Å². The quantitative estimate of drug-likeness (QED) is 0.830. The fraction of sp³-hybridized carbons (Fsp3) is 0.417. The summed E-state index contributed by atoms with van der Waals surface area (Å²) < 4.78 is 26.9. The topological polar surface area (TPSA) is 29.1 Å². The van der Waals surface area contributed by atoms with Gasteiger partial charge in [0.05, 0.1) is 5.38 Å². The number of halogens is 3. The zero-order valence-electron chi connectivity index (χ0n) is 9.69. The van der Waals surface area contributed by atoms with Crippen LogP contribution in [0.1, 0.15) is 29.3 Å². The molecular weight excluding hydrogens is 248 g/mol. The highest BCUT2D eigenvalue weighted by molar-refractivity contribution is 6.20. The summed E-state index contributed by atoms with van der Waals surface area (Å²) in [6, 6.07) is 2.36. The molecule has 0 aromatic heterocycles. The Morgan fingerprint density at radius 3 is 2.71 bits per heavy atom. The van der Waals surface area contributed by atoms with Crippen molar-refractivity contribution in [2.75, 3.05) is 6.54 Å². The van der Waals surface area contributed by atoms with Gasteiger partial charge in [-0.05, 0) is 25.0 Å². The van der Waals surface area contributed by atoms with Crippen molar-refractivity contribution in [2.24, 2.45) is 0 Å². The third-order valence-electron chi connectivity index (χ3n) is 2.44. The van der Waals surface area contributed by atoms with Crippen molar-refractivity contribution in [3.05, 3.63) is 34.9 Å². The van der Waals surface area contributed by atoms with E-state index in [9.17, 15) is 13.6 Å². The van der Waals surface area contributed by atoms with Crippen molar-refractivity contribution in [3.63, 3.8) is 0 Å². The van der Waals surface area contributed by atoms with Crippen molar-refractivity contribution in [2.45, 2.75) is 25.6 Å². The Balaban J connectivity index is 2.86. The minimum Gasteiger partial charge on any atom is -0.350 e. The number of aryl methyl sites for hydroxylation is 1. The summed E-state index contributed by atoms with van der Waals surface area (Å²) >= 11 is 5.81. The van der Waals surface area contributed by atoms with Gasteiger partial charge in [0.25, 0.3) is 5.91 Å². The lowest BCUT2D eigenvalue weighted by Gasteiger charge is -2.10. The second-order valence-corrected chi connectivity index (χ2v) is 4.39. The summed E-state index contributed by atoms with van der Waals surface area (Å²) in [4.78, 5) is 11.6. The smallest absolute Gasteiger partial charge is 0.257 e. The Kier molecular flexibility index (Phi) is 4.87. The highest BCUT2D eigenvalue weighted by Crippen LogP contribution is 2.16. The standard InChI is InChI=1S/C12H14ClF2NO/c1-3-8(13)6-16-12(17)10-9(14)5-4-7(2)11(10)15/h4-5,8H,3,6H2,1-2H3,(H,16,17). The van der Waals surface area contributed by atoms with Gasteiger partial charge in [-0.1, -0.05) is 13.0 Å². The molecule has 2 nitrogen and oxygen atoms in total. The summed E-state index contributed by atoms with van der Waals surface area (Å²) in [6.45, 7) is 3.52. The fourth-order valence-corrected chi connectivity index (χ4v) is 1.38. The number of alkyl halides is 1. The predicted molar refractivity (Wildman–Crippen MR) is 63.4 cm³/mol. The normalized spacial score (nSPS) is 12.3. The minimum absolute atomic E-state index is 0.184. The number of carbonyl (C=O) groups excluding carboxylic acids is 1. The first-order chi connectivity index (χ1) is 7.97. The molecule has 0 aliphatic carbocycles. The lowest BCUT2D eigenvalue weighted by molar-refractivity contribution is 0.0945. The molecule has 1 N–H and O–H groups in total. The third kappa shape index (κ3) is 3.40. The van der Waals surface area contributed by atoms with E-state index in [0.717, 1.165) is 6.07 Å². The van der Waals surface area contributed by atoms with Gasteiger partial charge in [0.2, 0.25) is 0 Å². The Morgan fingerprint density at radius 1 is 1.47 bits per heavy atom. The number of carbonyl (C=O) groups is 1. The first-order valence-electron chi connectivity index (χ1n) is 5.34. The molecule has 1 aromatic carbocycles. The zero-order chi connectivity index (χ0) is 13.0. The maximum atomic E-state index is 13.6. The molecule has 1 atom stereocenters. The van der Waals surface area contributed by atoms with Crippen molar-refractivity contribution < 1.29 is 13.6 Å². The number of benzene rings is 1. The van der Waals surface area contributed by atoms with Gasteiger partial charge in [-0.2, -0.15) is 0 Å². The molecule has 1 rings (SSSR count). The van der Waals surface area contributed by atoms with E-state index in [2.05, 4.69) is 5.32 Å². The monoisotopic (exact) mass is 261 g/mol. The van der Waals surface area contributed by atoms with Gasteiger partial charge >= 0.3 is 0 Å². The van der Waals surface area contributed by atoms with Gasteiger partial charge in [-0.25, -0.2) is 8.78 Å². The van der Waals surface area contributed by atoms with Crippen LogP contribution in [0, 0.1) is 18.6 Å². The van der Waals surface area contributed by atoms with Crippen LogP contribution in [-0.4, -0.2) is 17.8 Å². The van der Waals surface area contributed by atoms with Crippen LogP contribution in [0.25, 0.3) is 0 Å². The molecule has 0 aliphatic rings. The summed E-state index contributed by atoms with van der Waals surface area (Å²) in [6.07, 6.45) is 0.667. The average molecular weight is 262 g/mol. The molecule has 0 spiro atoms. The van der Waals surface area contributed by atoms with Crippen molar-refractivity contribution in [1.29, 1.82) is 0 Å². The molecule has 0 aliphatic heterocycles. The van der Waals surface area contributed by atoms with E-state index in [1.54, 1.807) is 0 Å². The summed E-state index contributed by atoms with van der Waals surface area (Å²) in [5, 5.41) is 2.17. The molecule has 0 saturated carbocycles. The Bertz CT molecular complexity index is 423. The van der Waals surface area contributed by atoms with Crippen LogP contribution in [0.4, 0.5) is 8.78 Å². The molecule has 1 aromatic rings. The molecule has 94 valence electrons. The van der Waals surface area contributed by atoms with E-state index in [-0.39, 0.29) is 17.5 Å². The van der Waals surface area contributed by atoms with Crippen LogP contribution in [0.5, 0.6) is 0 Å². The highest BCUT2D eigenvalue weighted by atomic mass is 35.5. The van der Waals surface area contributed by atoms with E-state index in [4.69, 9.17) is 11.6 Å². The number of rotatable bonds is 4. The average Bonchev–Trinajstić information content (AvgIpc) is 2.31. The minimum atomic E-state index is -0.867. The van der Waals surface area contributed by atoms with Gasteiger partial charge in [-0.15, -0.1) is 11.6 Å². The molecule has 0 fully saturated rings. The van der Waals surface area contributed by atoms with Crippen LogP contribution in [-0.2, 0) is 0 Å². The van der Waals surface area contributed by atoms with E-state index < -0.39 is 23.1 Å².